The van der Waals surface area contributed by atoms with Crippen LogP contribution in [0.1, 0.15) is 41.2 Å². The monoisotopic (exact) mass is 367 g/mol. The smallest absolute Gasteiger partial charge is 0.327 e. The number of hydrogen-bond donors (Lipinski definition) is 0. The van der Waals surface area contributed by atoms with Crippen molar-refractivity contribution >= 4 is 17.7 Å². The Morgan fingerprint density at radius 1 is 1.07 bits per heavy atom. The number of rotatable bonds is 5. The van der Waals surface area contributed by atoms with Crippen LogP contribution in [-0.4, -0.2) is 51.2 Å². The summed E-state index contributed by atoms with van der Waals surface area (Å²) < 4.78 is 2.08. The predicted octanol–water partition coefficient (Wildman–Crippen LogP) is 3.01. The van der Waals surface area contributed by atoms with Gasteiger partial charge < -0.3 is 9.47 Å². The van der Waals surface area contributed by atoms with E-state index in [0.717, 1.165) is 21.9 Å². The predicted molar refractivity (Wildman–Crippen MR) is 103 cm³/mol. The number of hydrogen-bond acceptors (Lipinski definition) is 3. The number of aromatic nitrogens is 1. The van der Waals surface area contributed by atoms with Gasteiger partial charge in [0.1, 0.15) is 5.54 Å². The topological polar surface area (TPSA) is 62.6 Å². The largest absolute Gasteiger partial charge is 0.344 e. The van der Waals surface area contributed by atoms with Crippen molar-refractivity contribution in [2.24, 2.45) is 0 Å². The molecule has 1 aliphatic heterocycles. The fraction of sp³-hybridized carbons (Fsp3) is 0.381. The molecular formula is C21H25N3O3. The molecule has 1 aromatic carbocycles. The van der Waals surface area contributed by atoms with Crippen LogP contribution in [0.4, 0.5) is 4.79 Å². The molecule has 0 spiro atoms. The Morgan fingerprint density at radius 2 is 1.70 bits per heavy atom. The third-order valence-electron chi connectivity index (χ3n) is 5.48. The number of likely N-dealkylation sites (N-methyl/N-ethyl adjacent to an activating group) is 1. The lowest BCUT2D eigenvalue weighted by Crippen LogP contribution is -2.42. The van der Waals surface area contributed by atoms with Crippen molar-refractivity contribution in [3.8, 4) is 0 Å². The van der Waals surface area contributed by atoms with E-state index in [4.69, 9.17) is 0 Å². The number of Topliss-reactive ketones (excluding diaryl/α,β-unsaturated/α-hetero) is 1. The quantitative estimate of drug-likeness (QED) is 0.603. The van der Waals surface area contributed by atoms with Gasteiger partial charge in [-0.25, -0.2) is 4.79 Å². The van der Waals surface area contributed by atoms with Crippen LogP contribution < -0.4 is 0 Å². The van der Waals surface area contributed by atoms with Crippen LogP contribution in [0, 0.1) is 13.8 Å². The average Bonchev–Trinajstić information content (AvgIpc) is 2.99. The molecule has 0 radical (unpaired) electrons. The molecule has 2 heterocycles. The van der Waals surface area contributed by atoms with Gasteiger partial charge in [0.2, 0.25) is 0 Å². The van der Waals surface area contributed by atoms with Crippen molar-refractivity contribution in [3.63, 3.8) is 0 Å². The number of carbonyl (C=O) groups excluding carboxylic acids is 3. The van der Waals surface area contributed by atoms with Crippen LogP contribution in [0.5, 0.6) is 0 Å². The number of benzene rings is 1. The third kappa shape index (κ3) is 3.16. The molecule has 1 aliphatic rings. The van der Waals surface area contributed by atoms with E-state index in [9.17, 15) is 14.4 Å². The SMILES string of the molecule is Cc1cc(C(=O)CN2C(=O)N(C)C(C)(C)C2=O)c(C)n1Cc1ccccc1. The number of amides is 3. The van der Waals surface area contributed by atoms with Crippen molar-refractivity contribution in [1.82, 2.24) is 14.4 Å². The minimum Gasteiger partial charge on any atom is -0.344 e. The van der Waals surface area contributed by atoms with Crippen LogP contribution in [0.15, 0.2) is 36.4 Å². The molecular weight excluding hydrogens is 342 g/mol. The maximum Gasteiger partial charge on any atom is 0.327 e. The summed E-state index contributed by atoms with van der Waals surface area (Å²) in [6.07, 6.45) is 0. The molecule has 1 fully saturated rings. The highest BCUT2D eigenvalue weighted by Crippen LogP contribution is 2.26. The molecule has 0 bridgehead atoms. The average molecular weight is 367 g/mol. The zero-order chi connectivity index (χ0) is 19.9. The van der Waals surface area contributed by atoms with Gasteiger partial charge in [-0.3, -0.25) is 14.5 Å². The molecule has 3 amide bonds. The molecule has 0 atom stereocenters. The summed E-state index contributed by atoms with van der Waals surface area (Å²) in [5, 5.41) is 0. The number of nitrogens with zero attached hydrogens (tertiary/aromatic N) is 3. The molecule has 6 nitrogen and oxygen atoms in total. The summed E-state index contributed by atoms with van der Waals surface area (Å²) in [4.78, 5) is 40.2. The lowest BCUT2D eigenvalue weighted by molar-refractivity contribution is -0.131. The van der Waals surface area contributed by atoms with Crippen LogP contribution in [-0.2, 0) is 11.3 Å². The zero-order valence-electron chi connectivity index (χ0n) is 16.4. The lowest BCUT2D eigenvalue weighted by atomic mass is 10.0. The standard InChI is InChI=1S/C21H25N3O3/c1-14-11-17(15(2)23(14)12-16-9-7-6-8-10-16)18(25)13-24-19(26)21(3,4)22(5)20(24)27/h6-11H,12-13H2,1-5H3. The highest BCUT2D eigenvalue weighted by atomic mass is 16.2. The number of carbonyl (C=O) groups is 3. The number of aryl methyl sites for hydroxylation is 1. The minimum absolute atomic E-state index is 0.227. The molecule has 0 saturated carbocycles. The molecule has 3 rings (SSSR count). The zero-order valence-corrected chi connectivity index (χ0v) is 16.4. The Bertz CT molecular complexity index is 912. The second-order valence-electron chi connectivity index (χ2n) is 7.57. The number of urea groups is 1. The van der Waals surface area contributed by atoms with Gasteiger partial charge in [0.15, 0.2) is 5.78 Å². The first-order valence-corrected chi connectivity index (χ1v) is 8.98. The maximum atomic E-state index is 12.9. The van der Waals surface area contributed by atoms with E-state index in [1.165, 1.54) is 4.90 Å². The summed E-state index contributed by atoms with van der Waals surface area (Å²) >= 11 is 0. The third-order valence-corrected chi connectivity index (χ3v) is 5.48. The Labute approximate surface area is 159 Å². The lowest BCUT2D eigenvalue weighted by Gasteiger charge is -2.22. The highest BCUT2D eigenvalue weighted by molar-refractivity contribution is 6.11. The summed E-state index contributed by atoms with van der Waals surface area (Å²) in [5.41, 5.74) is 2.58. The van der Waals surface area contributed by atoms with Crippen molar-refractivity contribution in [3.05, 3.63) is 58.9 Å². The van der Waals surface area contributed by atoms with E-state index in [0.29, 0.717) is 12.1 Å². The first-order valence-electron chi connectivity index (χ1n) is 8.98. The normalized spacial score (nSPS) is 16.3. The van der Waals surface area contributed by atoms with Gasteiger partial charge in [-0.1, -0.05) is 30.3 Å². The van der Waals surface area contributed by atoms with Gasteiger partial charge in [-0.15, -0.1) is 0 Å². The minimum atomic E-state index is -0.929. The summed E-state index contributed by atoms with van der Waals surface area (Å²) in [5.74, 6) is -0.573. The number of imide groups is 1. The van der Waals surface area contributed by atoms with Crippen LogP contribution in [0.3, 0.4) is 0 Å². The van der Waals surface area contributed by atoms with E-state index in [2.05, 4.69) is 4.57 Å². The van der Waals surface area contributed by atoms with E-state index >= 15 is 0 Å². The van der Waals surface area contributed by atoms with E-state index < -0.39 is 11.6 Å². The van der Waals surface area contributed by atoms with E-state index in [1.54, 1.807) is 20.9 Å². The van der Waals surface area contributed by atoms with Crippen molar-refractivity contribution in [2.45, 2.75) is 39.8 Å². The van der Waals surface area contributed by atoms with Gasteiger partial charge >= 0.3 is 6.03 Å². The van der Waals surface area contributed by atoms with Crippen LogP contribution in [0.2, 0.25) is 0 Å². The Kier molecular flexibility index (Phi) is 4.68. The second-order valence-corrected chi connectivity index (χ2v) is 7.57. The fourth-order valence-corrected chi connectivity index (χ4v) is 3.44. The summed E-state index contributed by atoms with van der Waals surface area (Å²) in [7, 11) is 1.58. The van der Waals surface area contributed by atoms with Crippen LogP contribution >= 0.6 is 0 Å². The molecule has 0 N–H and O–H groups in total. The van der Waals surface area contributed by atoms with Gasteiger partial charge in [-0.05, 0) is 39.3 Å². The van der Waals surface area contributed by atoms with Crippen molar-refractivity contribution in [1.29, 1.82) is 0 Å². The van der Waals surface area contributed by atoms with Crippen LogP contribution in [0.25, 0.3) is 0 Å². The molecule has 142 valence electrons. The Hall–Kier alpha value is -2.89. The van der Waals surface area contributed by atoms with E-state index in [1.807, 2.05) is 50.2 Å². The molecule has 2 aromatic rings. The first-order chi connectivity index (χ1) is 12.6. The Balaban J connectivity index is 1.83. The molecule has 6 heteroatoms. The molecule has 1 saturated heterocycles. The molecule has 27 heavy (non-hydrogen) atoms. The molecule has 1 aromatic heterocycles. The van der Waals surface area contributed by atoms with Gasteiger partial charge in [0.25, 0.3) is 5.91 Å². The van der Waals surface area contributed by atoms with Gasteiger partial charge in [-0.2, -0.15) is 0 Å². The van der Waals surface area contributed by atoms with Gasteiger partial charge in [0, 0.05) is 30.5 Å². The number of ketones is 1. The Morgan fingerprint density at radius 3 is 2.26 bits per heavy atom. The fourth-order valence-electron chi connectivity index (χ4n) is 3.44. The molecule has 0 aliphatic carbocycles. The highest BCUT2D eigenvalue weighted by Gasteiger charge is 2.49. The van der Waals surface area contributed by atoms with Crippen molar-refractivity contribution in [2.75, 3.05) is 13.6 Å². The first kappa shape index (κ1) is 18.9. The summed E-state index contributed by atoms with van der Waals surface area (Å²) in [6.45, 7) is 7.65. The maximum absolute atomic E-state index is 12.9. The van der Waals surface area contributed by atoms with E-state index in [-0.39, 0.29) is 18.2 Å². The summed E-state index contributed by atoms with van der Waals surface area (Å²) in [6, 6.07) is 11.4. The van der Waals surface area contributed by atoms with Crippen molar-refractivity contribution < 1.29 is 14.4 Å². The molecule has 0 unspecified atom stereocenters. The van der Waals surface area contributed by atoms with Gasteiger partial charge in [0.05, 0.1) is 6.54 Å². The second kappa shape index (κ2) is 6.68.